The van der Waals surface area contributed by atoms with Gasteiger partial charge < -0.3 is 16.0 Å². The average molecular weight is 348 g/mol. The smallest absolute Gasteiger partial charge is 0.319 e. The lowest BCUT2D eigenvalue weighted by Crippen LogP contribution is -2.45. The van der Waals surface area contributed by atoms with Gasteiger partial charge in [-0.3, -0.25) is 4.79 Å². The molecule has 1 aliphatic heterocycles. The molecule has 0 radical (unpaired) electrons. The predicted octanol–water partition coefficient (Wildman–Crippen LogP) is 3.67. The molecule has 1 aromatic heterocycles. The number of hydrogen-bond donors (Lipinski definition) is 3. The van der Waals surface area contributed by atoms with Crippen LogP contribution in [0.5, 0.6) is 0 Å². The van der Waals surface area contributed by atoms with E-state index in [1.54, 1.807) is 31.2 Å². The van der Waals surface area contributed by atoms with Crippen LogP contribution in [0.15, 0.2) is 53.0 Å². The van der Waals surface area contributed by atoms with Gasteiger partial charge in [-0.15, -0.1) is 11.3 Å². The Bertz CT molecular complexity index is 786. The van der Waals surface area contributed by atoms with Crippen LogP contribution in [0, 0.1) is 0 Å². The number of nitrogens with one attached hydrogen (secondary N) is 3. The van der Waals surface area contributed by atoms with Gasteiger partial charge in [-0.05, 0) is 36.6 Å². The molecule has 2 aromatic rings. The van der Waals surface area contributed by atoms with Crippen molar-refractivity contribution < 1.29 is 9.59 Å². The number of carbonyl (C=O) groups excluding carboxylic acids is 2. The summed E-state index contributed by atoms with van der Waals surface area (Å²) >= 11 is 7.43. The molecule has 118 valence electrons. The van der Waals surface area contributed by atoms with Crippen molar-refractivity contribution in [3.05, 3.63) is 62.9 Å². The van der Waals surface area contributed by atoms with Crippen molar-refractivity contribution in [2.75, 3.05) is 5.32 Å². The third kappa shape index (κ3) is 3.38. The van der Waals surface area contributed by atoms with E-state index in [9.17, 15) is 9.59 Å². The molecule has 3 amide bonds. The summed E-state index contributed by atoms with van der Waals surface area (Å²) < 4.78 is 0. The van der Waals surface area contributed by atoms with E-state index < -0.39 is 6.04 Å². The topological polar surface area (TPSA) is 70.2 Å². The third-order valence-electron chi connectivity index (χ3n) is 3.42. The Hall–Kier alpha value is -2.31. The zero-order valence-corrected chi connectivity index (χ0v) is 13.8. The van der Waals surface area contributed by atoms with E-state index in [4.69, 9.17) is 11.6 Å². The van der Waals surface area contributed by atoms with Gasteiger partial charge >= 0.3 is 6.03 Å². The third-order valence-corrected chi connectivity index (χ3v) is 4.60. The number of benzene rings is 1. The molecule has 0 saturated carbocycles. The van der Waals surface area contributed by atoms with Gasteiger partial charge in [0.05, 0.1) is 11.6 Å². The second-order valence-corrected chi connectivity index (χ2v) is 6.47. The lowest BCUT2D eigenvalue weighted by Gasteiger charge is -2.27. The van der Waals surface area contributed by atoms with Crippen molar-refractivity contribution in [2.24, 2.45) is 0 Å². The molecular weight excluding hydrogens is 334 g/mol. The first kappa shape index (κ1) is 15.6. The largest absolute Gasteiger partial charge is 0.326 e. The number of thiophene rings is 1. The first-order valence-electron chi connectivity index (χ1n) is 6.93. The zero-order chi connectivity index (χ0) is 16.4. The molecule has 1 aromatic carbocycles. The molecule has 0 fully saturated rings. The molecule has 23 heavy (non-hydrogen) atoms. The Kier molecular flexibility index (Phi) is 4.36. The highest BCUT2D eigenvalue weighted by molar-refractivity contribution is 7.10. The van der Waals surface area contributed by atoms with Crippen LogP contribution >= 0.6 is 22.9 Å². The van der Waals surface area contributed by atoms with Gasteiger partial charge in [0, 0.05) is 21.3 Å². The van der Waals surface area contributed by atoms with Crippen LogP contribution in [0.1, 0.15) is 17.8 Å². The number of amides is 3. The van der Waals surface area contributed by atoms with E-state index >= 15 is 0 Å². The van der Waals surface area contributed by atoms with Crippen LogP contribution < -0.4 is 16.0 Å². The fourth-order valence-corrected chi connectivity index (χ4v) is 3.40. The van der Waals surface area contributed by atoms with Crippen molar-refractivity contribution >= 4 is 40.6 Å². The van der Waals surface area contributed by atoms with E-state index in [1.807, 2.05) is 17.5 Å². The summed E-state index contributed by atoms with van der Waals surface area (Å²) in [5.41, 5.74) is 1.61. The number of carbonyl (C=O) groups is 2. The lowest BCUT2D eigenvalue weighted by atomic mass is 10.0. The Morgan fingerprint density at radius 3 is 2.83 bits per heavy atom. The maximum absolute atomic E-state index is 12.7. The van der Waals surface area contributed by atoms with Crippen molar-refractivity contribution in [1.82, 2.24) is 10.6 Å². The summed E-state index contributed by atoms with van der Waals surface area (Å²) in [4.78, 5) is 25.4. The SMILES string of the molecule is CC1=C(C(=O)Nc2cccc(Cl)c2)[C@H](c2cccs2)NC(=O)N1. The van der Waals surface area contributed by atoms with E-state index in [2.05, 4.69) is 16.0 Å². The normalized spacial score (nSPS) is 17.5. The molecule has 3 N–H and O–H groups in total. The molecule has 0 unspecified atom stereocenters. The number of halogens is 1. The van der Waals surface area contributed by atoms with Gasteiger partial charge in [0.2, 0.25) is 0 Å². The quantitative estimate of drug-likeness (QED) is 0.792. The van der Waals surface area contributed by atoms with Crippen LogP contribution in [-0.4, -0.2) is 11.9 Å². The van der Waals surface area contributed by atoms with Crippen LogP contribution in [0.2, 0.25) is 5.02 Å². The molecule has 2 heterocycles. The highest BCUT2D eigenvalue weighted by atomic mass is 35.5. The summed E-state index contributed by atoms with van der Waals surface area (Å²) in [7, 11) is 0. The molecule has 0 spiro atoms. The second kappa shape index (κ2) is 6.44. The summed E-state index contributed by atoms with van der Waals surface area (Å²) in [5.74, 6) is -0.282. The van der Waals surface area contributed by atoms with E-state index in [1.165, 1.54) is 11.3 Å². The maximum atomic E-state index is 12.7. The van der Waals surface area contributed by atoms with Crippen molar-refractivity contribution in [3.8, 4) is 0 Å². The van der Waals surface area contributed by atoms with Crippen molar-refractivity contribution in [3.63, 3.8) is 0 Å². The van der Waals surface area contributed by atoms with E-state index in [0.29, 0.717) is 22.0 Å². The average Bonchev–Trinajstić information content (AvgIpc) is 3.00. The minimum Gasteiger partial charge on any atom is -0.326 e. The molecular formula is C16H14ClN3O2S. The van der Waals surface area contributed by atoms with Gasteiger partial charge in [0.25, 0.3) is 5.91 Å². The minimum atomic E-state index is -0.470. The van der Waals surface area contributed by atoms with Gasteiger partial charge in [0.15, 0.2) is 0 Å². The van der Waals surface area contributed by atoms with Gasteiger partial charge in [-0.2, -0.15) is 0 Å². The number of urea groups is 1. The molecule has 0 aliphatic carbocycles. The van der Waals surface area contributed by atoms with Crippen LogP contribution in [0.4, 0.5) is 10.5 Å². The fraction of sp³-hybridized carbons (Fsp3) is 0.125. The number of hydrogen-bond acceptors (Lipinski definition) is 3. The second-order valence-electron chi connectivity index (χ2n) is 5.05. The van der Waals surface area contributed by atoms with E-state index in [-0.39, 0.29) is 11.9 Å². The van der Waals surface area contributed by atoms with Crippen LogP contribution in [0.3, 0.4) is 0 Å². The molecule has 7 heteroatoms. The van der Waals surface area contributed by atoms with E-state index in [0.717, 1.165) is 4.88 Å². The molecule has 1 atom stereocenters. The first-order valence-corrected chi connectivity index (χ1v) is 8.19. The van der Waals surface area contributed by atoms with Crippen LogP contribution in [0.25, 0.3) is 0 Å². The van der Waals surface area contributed by atoms with Crippen LogP contribution in [-0.2, 0) is 4.79 Å². The summed E-state index contributed by atoms with van der Waals surface area (Å²) in [5, 5.41) is 10.7. The molecule has 3 rings (SSSR count). The fourth-order valence-electron chi connectivity index (χ4n) is 2.43. The monoisotopic (exact) mass is 347 g/mol. The maximum Gasteiger partial charge on any atom is 0.319 e. The summed E-state index contributed by atoms with van der Waals surface area (Å²) in [6.45, 7) is 1.71. The Morgan fingerprint density at radius 2 is 2.13 bits per heavy atom. The van der Waals surface area contributed by atoms with Crippen molar-refractivity contribution in [2.45, 2.75) is 13.0 Å². The van der Waals surface area contributed by atoms with Gasteiger partial charge in [0.1, 0.15) is 0 Å². The van der Waals surface area contributed by atoms with Gasteiger partial charge in [-0.1, -0.05) is 23.7 Å². The molecule has 1 aliphatic rings. The van der Waals surface area contributed by atoms with Crippen molar-refractivity contribution in [1.29, 1.82) is 0 Å². The zero-order valence-electron chi connectivity index (χ0n) is 12.2. The number of rotatable bonds is 3. The minimum absolute atomic E-state index is 0.282. The highest BCUT2D eigenvalue weighted by Gasteiger charge is 2.31. The molecule has 0 bridgehead atoms. The lowest BCUT2D eigenvalue weighted by molar-refractivity contribution is -0.113. The first-order chi connectivity index (χ1) is 11.0. The molecule has 5 nitrogen and oxygen atoms in total. The molecule has 0 saturated heterocycles. The highest BCUT2D eigenvalue weighted by Crippen LogP contribution is 2.30. The standard InChI is InChI=1S/C16H14ClN3O2S/c1-9-13(15(21)19-11-5-2-4-10(17)8-11)14(20-16(22)18-9)12-6-3-7-23-12/h2-8,14H,1H3,(H,19,21)(H2,18,20,22)/t14-/m0/s1. The predicted molar refractivity (Wildman–Crippen MR) is 91.5 cm³/mol. The Morgan fingerprint density at radius 1 is 1.30 bits per heavy atom. The summed E-state index contributed by atoms with van der Waals surface area (Å²) in [6.07, 6.45) is 0. The summed E-state index contributed by atoms with van der Waals surface area (Å²) in [6, 6.07) is 9.91. The number of anilines is 1. The Labute approximate surface area is 142 Å². The number of allylic oxidation sites excluding steroid dienone is 1. The van der Waals surface area contributed by atoms with Gasteiger partial charge in [-0.25, -0.2) is 4.79 Å². The Balaban J connectivity index is 1.92.